The van der Waals surface area contributed by atoms with Crippen molar-refractivity contribution in [3.63, 3.8) is 0 Å². The summed E-state index contributed by atoms with van der Waals surface area (Å²) in [7, 11) is 1.47. The molecule has 0 aliphatic heterocycles. The largest absolute Gasteiger partial charge is 0.433 e. The topological polar surface area (TPSA) is 49.8 Å². The molecule has 1 heterocycles. The smallest absolute Gasteiger partial charge is 0.366 e. The third-order valence-electron chi connectivity index (χ3n) is 2.80. The molecule has 2 rings (SSSR count). The standard InChI is InChI=1S/C14H15F3N4/c1-9-4-3-5-10(6-9)8-19-12-7-11(14(15,16)17)20-13(18-2)21-12/h3-7H,8H2,1-2H3,(H2,18,19,20,21). The van der Waals surface area contributed by atoms with Crippen molar-refractivity contribution in [2.24, 2.45) is 0 Å². The van der Waals surface area contributed by atoms with Crippen LogP contribution < -0.4 is 10.6 Å². The molecule has 2 aromatic rings. The Labute approximate surface area is 120 Å². The van der Waals surface area contributed by atoms with Crippen LogP contribution in [0.15, 0.2) is 30.3 Å². The molecule has 0 saturated carbocycles. The number of benzene rings is 1. The van der Waals surface area contributed by atoms with Crippen LogP contribution in [0.1, 0.15) is 16.8 Å². The SMILES string of the molecule is CNc1nc(NCc2cccc(C)c2)cc(C(F)(F)F)n1. The van der Waals surface area contributed by atoms with E-state index in [1.807, 2.05) is 31.2 Å². The molecule has 21 heavy (non-hydrogen) atoms. The fraction of sp³-hybridized carbons (Fsp3) is 0.286. The Morgan fingerprint density at radius 1 is 1.14 bits per heavy atom. The molecule has 1 aromatic carbocycles. The van der Waals surface area contributed by atoms with Crippen LogP contribution in [-0.4, -0.2) is 17.0 Å². The van der Waals surface area contributed by atoms with Gasteiger partial charge in [0.05, 0.1) is 0 Å². The minimum absolute atomic E-state index is 0.0726. The van der Waals surface area contributed by atoms with E-state index in [1.54, 1.807) is 0 Å². The van der Waals surface area contributed by atoms with Crippen LogP contribution in [0.25, 0.3) is 0 Å². The van der Waals surface area contributed by atoms with E-state index in [2.05, 4.69) is 20.6 Å². The maximum absolute atomic E-state index is 12.8. The zero-order valence-electron chi connectivity index (χ0n) is 11.6. The molecule has 0 spiro atoms. The van der Waals surface area contributed by atoms with Gasteiger partial charge in [0.1, 0.15) is 5.82 Å². The lowest BCUT2D eigenvalue weighted by molar-refractivity contribution is -0.141. The summed E-state index contributed by atoms with van der Waals surface area (Å²) < 4.78 is 38.3. The first-order chi connectivity index (χ1) is 9.88. The molecule has 0 radical (unpaired) electrons. The van der Waals surface area contributed by atoms with Gasteiger partial charge in [-0.1, -0.05) is 29.8 Å². The number of aryl methyl sites for hydroxylation is 1. The van der Waals surface area contributed by atoms with E-state index in [0.717, 1.165) is 17.2 Å². The number of halogens is 3. The predicted octanol–water partition coefficient (Wildman–Crippen LogP) is 3.46. The van der Waals surface area contributed by atoms with Crippen LogP contribution in [0.5, 0.6) is 0 Å². The summed E-state index contributed by atoms with van der Waals surface area (Å²) in [6.07, 6.45) is -4.51. The van der Waals surface area contributed by atoms with Gasteiger partial charge in [0.15, 0.2) is 5.69 Å². The Kier molecular flexibility index (Phi) is 4.30. The quantitative estimate of drug-likeness (QED) is 0.907. The van der Waals surface area contributed by atoms with Crippen molar-refractivity contribution < 1.29 is 13.2 Å². The van der Waals surface area contributed by atoms with E-state index in [4.69, 9.17) is 0 Å². The van der Waals surface area contributed by atoms with Gasteiger partial charge in [0.25, 0.3) is 0 Å². The van der Waals surface area contributed by atoms with Crippen molar-refractivity contribution in [3.05, 3.63) is 47.2 Å². The van der Waals surface area contributed by atoms with Gasteiger partial charge >= 0.3 is 6.18 Å². The van der Waals surface area contributed by atoms with Gasteiger partial charge in [-0.05, 0) is 12.5 Å². The van der Waals surface area contributed by atoms with Crippen LogP contribution in [0.2, 0.25) is 0 Å². The Bertz CT molecular complexity index is 626. The van der Waals surface area contributed by atoms with Gasteiger partial charge in [-0.15, -0.1) is 0 Å². The van der Waals surface area contributed by atoms with E-state index in [9.17, 15) is 13.2 Å². The second kappa shape index (κ2) is 5.99. The molecule has 0 aliphatic carbocycles. The van der Waals surface area contributed by atoms with Crippen molar-refractivity contribution in [2.45, 2.75) is 19.6 Å². The first kappa shape index (κ1) is 15.1. The first-order valence-corrected chi connectivity index (χ1v) is 6.32. The third kappa shape index (κ3) is 4.08. The lowest BCUT2D eigenvalue weighted by Crippen LogP contribution is -2.13. The van der Waals surface area contributed by atoms with Crippen molar-refractivity contribution in [1.29, 1.82) is 0 Å². The highest BCUT2D eigenvalue weighted by Crippen LogP contribution is 2.29. The van der Waals surface area contributed by atoms with Crippen molar-refractivity contribution >= 4 is 11.8 Å². The fourth-order valence-corrected chi connectivity index (χ4v) is 1.81. The zero-order valence-corrected chi connectivity index (χ0v) is 11.6. The van der Waals surface area contributed by atoms with Crippen LogP contribution in [0, 0.1) is 6.92 Å². The highest BCUT2D eigenvalue weighted by molar-refractivity contribution is 5.43. The summed E-state index contributed by atoms with van der Waals surface area (Å²) in [6.45, 7) is 2.34. The van der Waals surface area contributed by atoms with E-state index in [0.29, 0.717) is 6.54 Å². The second-order valence-electron chi connectivity index (χ2n) is 4.55. The first-order valence-electron chi connectivity index (χ1n) is 6.32. The summed E-state index contributed by atoms with van der Waals surface area (Å²) in [4.78, 5) is 7.37. The van der Waals surface area contributed by atoms with E-state index in [-0.39, 0.29) is 11.8 Å². The monoisotopic (exact) mass is 296 g/mol. The highest BCUT2D eigenvalue weighted by Gasteiger charge is 2.33. The summed E-state index contributed by atoms with van der Waals surface area (Å²) >= 11 is 0. The Hall–Kier alpha value is -2.31. The number of hydrogen-bond donors (Lipinski definition) is 2. The number of anilines is 2. The number of nitrogens with zero attached hydrogens (tertiary/aromatic N) is 2. The van der Waals surface area contributed by atoms with Crippen molar-refractivity contribution in [2.75, 3.05) is 17.7 Å². The van der Waals surface area contributed by atoms with Gasteiger partial charge in [0.2, 0.25) is 5.95 Å². The number of alkyl halides is 3. The van der Waals surface area contributed by atoms with Crippen LogP contribution >= 0.6 is 0 Å². The summed E-state index contributed by atoms with van der Waals surface area (Å²) in [5, 5.41) is 5.41. The molecular weight excluding hydrogens is 281 g/mol. The van der Waals surface area contributed by atoms with Gasteiger partial charge in [0, 0.05) is 19.7 Å². The van der Waals surface area contributed by atoms with E-state index in [1.165, 1.54) is 7.05 Å². The summed E-state index contributed by atoms with van der Waals surface area (Å²) in [5.74, 6) is 0.0553. The third-order valence-corrected chi connectivity index (χ3v) is 2.80. The molecule has 0 saturated heterocycles. The molecule has 0 unspecified atom stereocenters. The number of nitrogens with one attached hydrogen (secondary N) is 2. The molecular formula is C14H15F3N4. The lowest BCUT2D eigenvalue weighted by Gasteiger charge is -2.11. The average Bonchev–Trinajstić information content (AvgIpc) is 2.44. The molecule has 112 valence electrons. The molecule has 0 aliphatic rings. The number of hydrogen-bond acceptors (Lipinski definition) is 4. The Morgan fingerprint density at radius 2 is 1.90 bits per heavy atom. The van der Waals surface area contributed by atoms with Crippen LogP contribution in [-0.2, 0) is 12.7 Å². The highest BCUT2D eigenvalue weighted by atomic mass is 19.4. The molecule has 0 bridgehead atoms. The molecule has 0 atom stereocenters. The summed E-state index contributed by atoms with van der Waals surface area (Å²) in [6, 6.07) is 8.60. The molecule has 1 aromatic heterocycles. The average molecular weight is 296 g/mol. The molecule has 4 nitrogen and oxygen atoms in total. The molecule has 0 amide bonds. The van der Waals surface area contributed by atoms with Crippen LogP contribution in [0.3, 0.4) is 0 Å². The van der Waals surface area contributed by atoms with Gasteiger partial charge in [-0.2, -0.15) is 18.2 Å². The molecule has 7 heteroatoms. The second-order valence-corrected chi connectivity index (χ2v) is 4.55. The Balaban J connectivity index is 2.19. The van der Waals surface area contributed by atoms with E-state index >= 15 is 0 Å². The van der Waals surface area contributed by atoms with Crippen LogP contribution in [0.4, 0.5) is 24.9 Å². The Morgan fingerprint density at radius 3 is 2.52 bits per heavy atom. The number of aromatic nitrogens is 2. The minimum Gasteiger partial charge on any atom is -0.366 e. The normalized spacial score (nSPS) is 11.3. The maximum atomic E-state index is 12.8. The van der Waals surface area contributed by atoms with Crippen molar-refractivity contribution in [3.8, 4) is 0 Å². The maximum Gasteiger partial charge on any atom is 0.433 e. The molecule has 2 N–H and O–H groups in total. The van der Waals surface area contributed by atoms with Gasteiger partial charge in [-0.25, -0.2) is 4.98 Å². The minimum atomic E-state index is -4.51. The van der Waals surface area contributed by atoms with Crippen molar-refractivity contribution in [1.82, 2.24) is 9.97 Å². The number of rotatable bonds is 4. The fourth-order valence-electron chi connectivity index (χ4n) is 1.81. The predicted molar refractivity (Wildman–Crippen MR) is 75.1 cm³/mol. The van der Waals surface area contributed by atoms with Gasteiger partial charge < -0.3 is 10.6 Å². The lowest BCUT2D eigenvalue weighted by atomic mass is 10.1. The summed E-state index contributed by atoms with van der Waals surface area (Å²) in [5.41, 5.74) is 1.07. The molecule has 0 fully saturated rings. The van der Waals surface area contributed by atoms with E-state index < -0.39 is 11.9 Å². The zero-order chi connectivity index (χ0) is 15.5. The van der Waals surface area contributed by atoms with Gasteiger partial charge in [-0.3, -0.25) is 0 Å².